The van der Waals surface area contributed by atoms with Crippen molar-refractivity contribution in [3.63, 3.8) is 0 Å². The zero-order chi connectivity index (χ0) is 47.7. The van der Waals surface area contributed by atoms with Crippen LogP contribution in [0.15, 0.2) is 97.1 Å². The Bertz CT molecular complexity index is 2840. The number of phenols is 4. The molecule has 0 bridgehead atoms. The first kappa shape index (κ1) is 48.6. The second kappa shape index (κ2) is 21.3. The molecule has 4 aromatic carbocycles. The van der Waals surface area contributed by atoms with E-state index in [0.29, 0.717) is 16.4 Å². The van der Waals surface area contributed by atoms with E-state index in [0.717, 1.165) is 63.7 Å². The molecule has 0 unspecified atom stereocenters. The number of hydrogen-bond acceptors (Lipinski definition) is 10. The highest BCUT2D eigenvalue weighted by molar-refractivity contribution is 6.30. The SMILES string of the molecule is CCCCc1c(C)nn(-c2ccccc2O)c1C.Cc1cc(C)n(-c2c(O)cccc2[N+](=O)[O-])n1.Cc1cc(C)n(-c2ccc(Cl)cc2O)n1.Cc1cc(C)n(-c2ccc(F)cc2O)n1. The van der Waals surface area contributed by atoms with Gasteiger partial charge < -0.3 is 20.4 Å². The van der Waals surface area contributed by atoms with Gasteiger partial charge in [0.25, 0.3) is 5.69 Å². The molecule has 0 aliphatic heterocycles. The average molecular weight is 906 g/mol. The minimum absolute atomic E-state index is 0.100. The molecule has 0 spiro atoms. The van der Waals surface area contributed by atoms with Gasteiger partial charge in [0.2, 0.25) is 0 Å². The molecule has 4 heterocycles. The summed E-state index contributed by atoms with van der Waals surface area (Å²) in [5, 5.41) is 67.6. The number of halogens is 2. The summed E-state index contributed by atoms with van der Waals surface area (Å²) >= 11 is 5.76. The Morgan fingerprint density at radius 2 is 1.11 bits per heavy atom. The third-order valence-electron chi connectivity index (χ3n) is 10.1. The topological polar surface area (TPSA) is 195 Å². The van der Waals surface area contributed by atoms with Gasteiger partial charge in [-0.25, -0.2) is 23.1 Å². The number of aryl methyl sites for hydroxylation is 7. The molecule has 0 radical (unpaired) electrons. The maximum absolute atomic E-state index is 12.8. The maximum Gasteiger partial charge on any atom is 0.298 e. The lowest BCUT2D eigenvalue weighted by atomic mass is 10.1. The van der Waals surface area contributed by atoms with Crippen LogP contribution in [0.4, 0.5) is 10.1 Å². The second-order valence-corrected chi connectivity index (χ2v) is 15.8. The van der Waals surface area contributed by atoms with Crippen molar-refractivity contribution < 1.29 is 29.7 Å². The molecule has 0 aliphatic rings. The number of unbranched alkanes of at least 4 members (excludes halogenated alkanes) is 1. The summed E-state index contributed by atoms with van der Waals surface area (Å²) in [5.74, 6) is -0.330. The van der Waals surface area contributed by atoms with Crippen LogP contribution in [0.1, 0.15) is 70.9 Å². The van der Waals surface area contributed by atoms with Gasteiger partial charge in [-0.3, -0.25) is 10.1 Å². The van der Waals surface area contributed by atoms with Crippen molar-refractivity contribution in [1.29, 1.82) is 0 Å². The maximum atomic E-state index is 12.8. The molecule has 8 aromatic rings. The van der Waals surface area contributed by atoms with E-state index in [1.54, 1.807) is 47.5 Å². The number of rotatable bonds is 8. The van der Waals surface area contributed by atoms with Crippen LogP contribution in [0.2, 0.25) is 5.02 Å². The van der Waals surface area contributed by atoms with E-state index in [4.69, 9.17) is 11.6 Å². The lowest BCUT2D eigenvalue weighted by molar-refractivity contribution is -0.384. The Kier molecular flexibility index (Phi) is 15.9. The Labute approximate surface area is 381 Å². The second-order valence-electron chi connectivity index (χ2n) is 15.3. The Morgan fingerprint density at radius 1 is 0.600 bits per heavy atom. The van der Waals surface area contributed by atoms with Gasteiger partial charge >= 0.3 is 0 Å². The fraction of sp³-hybridized carbons (Fsp3) is 0.250. The van der Waals surface area contributed by atoms with Crippen LogP contribution in [-0.2, 0) is 6.42 Å². The van der Waals surface area contributed by atoms with Crippen LogP contribution in [0.3, 0.4) is 0 Å². The number of hydrogen-bond donors (Lipinski definition) is 4. The van der Waals surface area contributed by atoms with E-state index in [-0.39, 0.29) is 34.4 Å². The largest absolute Gasteiger partial charge is 0.506 e. The van der Waals surface area contributed by atoms with Gasteiger partial charge in [-0.15, -0.1) is 0 Å². The molecule has 8 rings (SSSR count). The van der Waals surface area contributed by atoms with Gasteiger partial charge in [-0.1, -0.05) is 43.1 Å². The normalized spacial score (nSPS) is 10.6. The summed E-state index contributed by atoms with van der Waals surface area (Å²) in [6.45, 7) is 17.5. The molecule has 340 valence electrons. The fourth-order valence-corrected chi connectivity index (χ4v) is 7.27. The van der Waals surface area contributed by atoms with Crippen molar-refractivity contribution >= 4 is 17.3 Å². The molecular formula is C48H53ClFN9O6. The number of para-hydroxylation sites is 3. The van der Waals surface area contributed by atoms with Gasteiger partial charge in [0.1, 0.15) is 45.9 Å². The van der Waals surface area contributed by atoms with E-state index in [1.165, 1.54) is 59.5 Å². The molecule has 4 N–H and O–H groups in total. The van der Waals surface area contributed by atoms with Crippen molar-refractivity contribution in [1.82, 2.24) is 39.1 Å². The first-order chi connectivity index (χ1) is 30.8. The number of aromatic nitrogens is 8. The highest BCUT2D eigenvalue weighted by Gasteiger charge is 2.21. The standard InChI is InChI=1S/C15H20N2O.C11H11ClN2O.C11H11FN2O.C11H11N3O3/c1-4-5-8-13-11(2)16-17(12(13)3)14-9-6-7-10-15(14)18;2*1-7-5-8(2)14(13-7)10-4-3-9(12)6-11(10)15;1-7-6-8(2)13(12-7)11-9(14(16)17)4-3-5-10(11)15/h6-7,9-10,18H,4-5,8H2,1-3H3;2*3-6,15H,1-2H3;3-6,15H,1-2H3. The van der Waals surface area contributed by atoms with E-state index < -0.39 is 10.7 Å². The third-order valence-corrected chi connectivity index (χ3v) is 10.3. The van der Waals surface area contributed by atoms with Crippen molar-refractivity contribution in [2.75, 3.05) is 0 Å². The summed E-state index contributed by atoms with van der Waals surface area (Å²) < 4.78 is 19.3. The highest BCUT2D eigenvalue weighted by atomic mass is 35.5. The summed E-state index contributed by atoms with van der Waals surface area (Å²) in [7, 11) is 0. The summed E-state index contributed by atoms with van der Waals surface area (Å²) in [4.78, 5) is 10.4. The summed E-state index contributed by atoms with van der Waals surface area (Å²) in [6, 6.07) is 26.0. The summed E-state index contributed by atoms with van der Waals surface area (Å²) in [6.07, 6.45) is 3.41. The number of nitro groups is 1. The number of aromatic hydroxyl groups is 4. The van der Waals surface area contributed by atoms with E-state index in [2.05, 4.69) is 34.2 Å². The Hall–Kier alpha value is -7.46. The Balaban J connectivity index is 0.000000163. The lowest BCUT2D eigenvalue weighted by Gasteiger charge is -2.07. The van der Waals surface area contributed by atoms with Crippen LogP contribution >= 0.6 is 11.6 Å². The fourth-order valence-electron chi connectivity index (χ4n) is 7.10. The zero-order valence-corrected chi connectivity index (χ0v) is 38.5. The van der Waals surface area contributed by atoms with E-state index in [1.807, 2.05) is 69.6 Å². The Morgan fingerprint density at radius 3 is 1.60 bits per heavy atom. The van der Waals surface area contributed by atoms with Gasteiger partial charge in [-0.05, 0) is 134 Å². The molecule has 15 nitrogen and oxygen atoms in total. The first-order valence-corrected chi connectivity index (χ1v) is 21.1. The first-order valence-electron chi connectivity index (χ1n) is 20.7. The predicted molar refractivity (Wildman–Crippen MR) is 249 cm³/mol. The number of nitrogens with zero attached hydrogens (tertiary/aromatic N) is 9. The van der Waals surface area contributed by atoms with Crippen LogP contribution < -0.4 is 0 Å². The minimum atomic E-state index is -0.536. The molecule has 65 heavy (non-hydrogen) atoms. The molecule has 0 saturated heterocycles. The van der Waals surface area contributed by atoms with E-state index in [9.17, 15) is 34.9 Å². The van der Waals surface area contributed by atoms with Crippen LogP contribution in [0.5, 0.6) is 23.0 Å². The van der Waals surface area contributed by atoms with Gasteiger partial charge in [0.05, 0.1) is 27.7 Å². The predicted octanol–water partition coefficient (Wildman–Crippen LogP) is 10.8. The van der Waals surface area contributed by atoms with E-state index >= 15 is 0 Å². The van der Waals surface area contributed by atoms with Crippen LogP contribution in [0.25, 0.3) is 22.7 Å². The third kappa shape index (κ3) is 11.8. The van der Waals surface area contributed by atoms with Crippen molar-refractivity contribution in [3.05, 3.63) is 169 Å². The molecule has 4 aromatic heterocycles. The average Bonchev–Trinajstić information content (AvgIpc) is 3.96. The molecule has 0 aliphatic carbocycles. The quantitative estimate of drug-likeness (QED) is 0.0841. The van der Waals surface area contributed by atoms with Gasteiger partial charge in [0.15, 0.2) is 5.69 Å². The number of phenolic OH excluding ortho intramolecular Hbond substituents is 4. The monoisotopic (exact) mass is 905 g/mol. The minimum Gasteiger partial charge on any atom is -0.506 e. The summed E-state index contributed by atoms with van der Waals surface area (Å²) in [5.41, 5.74) is 10.4. The number of benzene rings is 4. The number of nitro benzene ring substituents is 1. The van der Waals surface area contributed by atoms with Crippen LogP contribution in [-0.4, -0.2) is 64.5 Å². The lowest BCUT2D eigenvalue weighted by Crippen LogP contribution is -2.03. The molecule has 17 heteroatoms. The van der Waals surface area contributed by atoms with Gasteiger partial charge in [0, 0.05) is 46.0 Å². The van der Waals surface area contributed by atoms with Crippen molar-refractivity contribution in [3.8, 4) is 45.7 Å². The molecule has 0 saturated carbocycles. The van der Waals surface area contributed by atoms with Crippen molar-refractivity contribution in [2.45, 2.75) is 81.6 Å². The molecule has 0 fully saturated rings. The molecule has 0 atom stereocenters. The molecule has 0 amide bonds. The van der Waals surface area contributed by atoms with Gasteiger partial charge in [-0.2, -0.15) is 20.4 Å². The van der Waals surface area contributed by atoms with Crippen molar-refractivity contribution in [2.24, 2.45) is 0 Å². The highest BCUT2D eigenvalue weighted by Crippen LogP contribution is 2.32. The molecular weight excluding hydrogens is 853 g/mol. The van der Waals surface area contributed by atoms with Crippen LogP contribution in [0, 0.1) is 71.3 Å². The smallest absolute Gasteiger partial charge is 0.298 e. The zero-order valence-electron chi connectivity index (χ0n) is 37.7.